The van der Waals surface area contributed by atoms with Gasteiger partial charge in [-0.1, -0.05) is 0 Å². The van der Waals surface area contributed by atoms with Gasteiger partial charge in [0.15, 0.2) is 0 Å². The summed E-state index contributed by atoms with van der Waals surface area (Å²) in [7, 11) is 1.62. The second-order valence-corrected chi connectivity index (χ2v) is 3.15. The van der Waals surface area contributed by atoms with Crippen LogP contribution in [0.1, 0.15) is 19.3 Å². The third-order valence-electron chi connectivity index (χ3n) is 2.11. The fourth-order valence-electron chi connectivity index (χ4n) is 1.37. The molecule has 1 unspecified atom stereocenters. The lowest BCUT2D eigenvalue weighted by Crippen LogP contribution is -2.15. The van der Waals surface area contributed by atoms with Crippen molar-refractivity contribution in [3.8, 4) is 0 Å². The van der Waals surface area contributed by atoms with Crippen LogP contribution in [0.3, 0.4) is 0 Å². The van der Waals surface area contributed by atoms with Gasteiger partial charge in [-0.25, -0.2) is 0 Å². The van der Waals surface area contributed by atoms with Crippen LogP contribution in [0.5, 0.6) is 0 Å². The smallest absolute Gasteiger partial charge is 0.303 e. The lowest BCUT2D eigenvalue weighted by atomic mass is 10.0. The molecule has 0 aromatic rings. The quantitative estimate of drug-likeness (QED) is 0.652. The number of carboxylic acid groups (broad SMARTS) is 1. The van der Waals surface area contributed by atoms with Crippen LogP contribution < -0.4 is 0 Å². The van der Waals surface area contributed by atoms with Gasteiger partial charge in [0.25, 0.3) is 0 Å². The molecule has 0 aliphatic heterocycles. The van der Waals surface area contributed by atoms with E-state index in [1.807, 2.05) is 0 Å². The Bertz CT molecular complexity index is 140. The lowest BCUT2D eigenvalue weighted by Gasteiger charge is -2.11. The Morgan fingerprint density at radius 1 is 1.73 bits per heavy atom. The third-order valence-corrected chi connectivity index (χ3v) is 2.11. The van der Waals surface area contributed by atoms with Gasteiger partial charge < -0.3 is 9.84 Å². The second kappa shape index (κ2) is 3.72. The molecule has 0 aromatic heterocycles. The summed E-state index contributed by atoms with van der Waals surface area (Å²) in [5.74, 6) is 0.155. The fourth-order valence-corrected chi connectivity index (χ4v) is 1.37. The first-order valence-electron chi connectivity index (χ1n) is 3.94. The molecule has 64 valence electrons. The van der Waals surface area contributed by atoms with E-state index < -0.39 is 5.97 Å². The third kappa shape index (κ3) is 2.89. The van der Waals surface area contributed by atoms with Gasteiger partial charge in [0.1, 0.15) is 0 Å². The highest BCUT2D eigenvalue weighted by atomic mass is 16.5. The van der Waals surface area contributed by atoms with E-state index in [9.17, 15) is 4.79 Å². The highest BCUT2D eigenvalue weighted by Gasteiger charge is 2.32. The molecule has 0 radical (unpaired) electrons. The van der Waals surface area contributed by atoms with E-state index >= 15 is 0 Å². The van der Waals surface area contributed by atoms with Crippen LogP contribution in [0.25, 0.3) is 0 Å². The maximum Gasteiger partial charge on any atom is 0.303 e. The number of hydrogen-bond acceptors (Lipinski definition) is 2. The minimum atomic E-state index is -0.709. The van der Waals surface area contributed by atoms with Gasteiger partial charge >= 0.3 is 5.97 Å². The largest absolute Gasteiger partial charge is 0.481 e. The van der Waals surface area contributed by atoms with Crippen LogP contribution in [0.4, 0.5) is 0 Å². The number of aliphatic carboxylic acids is 1. The number of methoxy groups -OCH3 is 1. The molecule has 1 rings (SSSR count). The Morgan fingerprint density at radius 2 is 2.36 bits per heavy atom. The molecule has 0 aromatic carbocycles. The molecule has 1 saturated carbocycles. The Hall–Kier alpha value is -0.570. The summed E-state index contributed by atoms with van der Waals surface area (Å²) in [6, 6.07) is 0. The lowest BCUT2D eigenvalue weighted by molar-refractivity contribution is -0.138. The minimum absolute atomic E-state index is 0.248. The van der Waals surface area contributed by atoms with Gasteiger partial charge in [-0.15, -0.1) is 0 Å². The van der Waals surface area contributed by atoms with Crippen molar-refractivity contribution in [3.05, 3.63) is 0 Å². The van der Waals surface area contributed by atoms with E-state index in [0.717, 1.165) is 0 Å². The molecule has 1 aliphatic carbocycles. The average Bonchev–Trinajstić information content (AvgIpc) is 2.66. The van der Waals surface area contributed by atoms with Crippen LogP contribution in [0.15, 0.2) is 0 Å². The van der Waals surface area contributed by atoms with Gasteiger partial charge in [0.2, 0.25) is 0 Å². The van der Waals surface area contributed by atoms with Gasteiger partial charge in [-0.3, -0.25) is 4.79 Å². The highest BCUT2D eigenvalue weighted by molar-refractivity contribution is 5.67. The van der Waals surface area contributed by atoms with Crippen molar-refractivity contribution < 1.29 is 14.6 Å². The zero-order valence-corrected chi connectivity index (χ0v) is 6.75. The van der Waals surface area contributed by atoms with E-state index in [-0.39, 0.29) is 12.3 Å². The van der Waals surface area contributed by atoms with Crippen molar-refractivity contribution in [3.63, 3.8) is 0 Å². The summed E-state index contributed by atoms with van der Waals surface area (Å²) in [6.07, 6.45) is 2.63. The molecular formula is C8H14O3. The first-order valence-corrected chi connectivity index (χ1v) is 3.94. The maximum absolute atomic E-state index is 10.4. The number of hydrogen-bond donors (Lipinski definition) is 1. The van der Waals surface area contributed by atoms with Crippen LogP contribution in [-0.2, 0) is 9.53 Å². The number of carboxylic acids is 1. The first-order chi connectivity index (χ1) is 5.24. The van der Waals surface area contributed by atoms with Gasteiger partial charge in [-0.05, 0) is 24.7 Å². The molecular weight excluding hydrogens is 144 g/mol. The molecule has 0 spiro atoms. The molecule has 0 heterocycles. The van der Waals surface area contributed by atoms with Gasteiger partial charge in [-0.2, -0.15) is 0 Å². The Morgan fingerprint density at radius 3 is 2.73 bits per heavy atom. The van der Waals surface area contributed by atoms with Crippen molar-refractivity contribution in [2.75, 3.05) is 13.7 Å². The standard InChI is InChI=1S/C8H14O3/c1-11-5-7(4-8(9)10)6-2-3-6/h6-7H,2-5H2,1H3,(H,9,10). The summed E-state index contributed by atoms with van der Waals surface area (Å²) < 4.78 is 4.94. The Balaban J connectivity index is 2.26. The van der Waals surface area contributed by atoms with Crippen LogP contribution in [0, 0.1) is 11.8 Å². The first kappa shape index (κ1) is 8.53. The summed E-state index contributed by atoms with van der Waals surface area (Å²) in [4.78, 5) is 10.4. The fraction of sp³-hybridized carbons (Fsp3) is 0.875. The molecule has 0 bridgehead atoms. The van der Waals surface area contributed by atoms with E-state index in [2.05, 4.69) is 0 Å². The molecule has 1 N–H and O–H groups in total. The minimum Gasteiger partial charge on any atom is -0.481 e. The molecule has 11 heavy (non-hydrogen) atoms. The van der Waals surface area contributed by atoms with Gasteiger partial charge in [0.05, 0.1) is 6.42 Å². The Labute approximate surface area is 66.4 Å². The number of ether oxygens (including phenoxy) is 1. The van der Waals surface area contributed by atoms with Gasteiger partial charge in [0, 0.05) is 13.7 Å². The molecule has 1 atom stereocenters. The molecule has 1 fully saturated rings. The van der Waals surface area contributed by atoms with Crippen molar-refractivity contribution in [1.29, 1.82) is 0 Å². The predicted molar refractivity (Wildman–Crippen MR) is 40.3 cm³/mol. The number of rotatable bonds is 5. The van der Waals surface area contributed by atoms with Crippen molar-refractivity contribution >= 4 is 5.97 Å². The molecule has 3 heteroatoms. The topological polar surface area (TPSA) is 46.5 Å². The predicted octanol–water partition coefficient (Wildman–Crippen LogP) is 1.13. The molecule has 0 amide bonds. The Kier molecular flexibility index (Phi) is 2.88. The van der Waals surface area contributed by atoms with Crippen molar-refractivity contribution in [2.24, 2.45) is 11.8 Å². The highest BCUT2D eigenvalue weighted by Crippen LogP contribution is 2.38. The van der Waals surface area contributed by atoms with Crippen molar-refractivity contribution in [2.45, 2.75) is 19.3 Å². The van der Waals surface area contributed by atoms with E-state index in [1.165, 1.54) is 12.8 Å². The molecule has 0 saturated heterocycles. The zero-order valence-electron chi connectivity index (χ0n) is 6.75. The average molecular weight is 158 g/mol. The summed E-state index contributed by atoms with van der Waals surface area (Å²) in [5, 5.41) is 8.53. The maximum atomic E-state index is 10.4. The van der Waals surface area contributed by atoms with E-state index in [1.54, 1.807) is 7.11 Å². The summed E-state index contributed by atoms with van der Waals surface area (Å²) >= 11 is 0. The normalized spacial score (nSPS) is 19.7. The van der Waals surface area contributed by atoms with Crippen LogP contribution >= 0.6 is 0 Å². The van der Waals surface area contributed by atoms with Crippen LogP contribution in [0.2, 0.25) is 0 Å². The monoisotopic (exact) mass is 158 g/mol. The molecule has 3 nitrogen and oxygen atoms in total. The van der Waals surface area contributed by atoms with E-state index in [4.69, 9.17) is 9.84 Å². The van der Waals surface area contributed by atoms with E-state index in [0.29, 0.717) is 12.5 Å². The second-order valence-electron chi connectivity index (χ2n) is 3.15. The summed E-state index contributed by atoms with van der Waals surface area (Å²) in [5.41, 5.74) is 0. The summed E-state index contributed by atoms with van der Waals surface area (Å²) in [6.45, 7) is 0.594. The zero-order chi connectivity index (χ0) is 8.27. The number of carbonyl (C=O) groups is 1. The SMILES string of the molecule is COCC(CC(=O)O)C1CC1. The van der Waals surface area contributed by atoms with Crippen molar-refractivity contribution in [1.82, 2.24) is 0 Å². The molecule has 1 aliphatic rings. The van der Waals surface area contributed by atoms with Crippen LogP contribution in [-0.4, -0.2) is 24.8 Å².